The normalized spacial score (nSPS) is 11.8. The van der Waals surface area contributed by atoms with Gasteiger partial charge < -0.3 is 0 Å². The number of carbonyl (C=O) groups excluding carboxylic acids is 1. The summed E-state index contributed by atoms with van der Waals surface area (Å²) < 4.78 is 5.45. The van der Waals surface area contributed by atoms with Crippen LogP contribution in [0.4, 0.5) is 0 Å². The van der Waals surface area contributed by atoms with Gasteiger partial charge in [0, 0.05) is 18.7 Å². The van der Waals surface area contributed by atoms with Gasteiger partial charge >= 0.3 is 0 Å². The van der Waals surface area contributed by atoms with Gasteiger partial charge in [-0.3, -0.25) is 9.48 Å². The molecule has 0 aliphatic heterocycles. The van der Waals surface area contributed by atoms with Crippen molar-refractivity contribution in [3.63, 3.8) is 0 Å². The van der Waals surface area contributed by atoms with Crippen LogP contribution in [0.3, 0.4) is 0 Å². The Kier molecular flexibility index (Phi) is 2.82. The minimum Gasteiger partial charge on any atom is -0.286 e. The maximum Gasteiger partial charge on any atom is 0.224 e. The second kappa shape index (κ2) is 4.03. The number of aromatic nitrogens is 4. The highest BCUT2D eigenvalue weighted by molar-refractivity contribution is 7.08. The summed E-state index contributed by atoms with van der Waals surface area (Å²) in [5.74, 6) is -0.0649. The lowest BCUT2D eigenvalue weighted by Crippen LogP contribution is -2.17. The highest BCUT2D eigenvalue weighted by atomic mass is 32.1. The first-order valence-corrected chi connectivity index (χ1v) is 6.04. The second-order valence-corrected chi connectivity index (χ2v) is 5.62. The van der Waals surface area contributed by atoms with Gasteiger partial charge in [0.25, 0.3) is 0 Å². The van der Waals surface area contributed by atoms with Crippen LogP contribution in [-0.2, 0) is 12.5 Å². The molecule has 6 heteroatoms. The van der Waals surface area contributed by atoms with Crippen molar-refractivity contribution in [1.82, 2.24) is 19.4 Å². The van der Waals surface area contributed by atoms with Crippen LogP contribution in [0.25, 0.3) is 0 Å². The predicted octanol–water partition coefficient (Wildman–Crippen LogP) is 1.80. The van der Waals surface area contributed by atoms with Crippen molar-refractivity contribution >= 4 is 17.3 Å². The summed E-state index contributed by atoms with van der Waals surface area (Å²) >= 11 is 1.14. The molecule has 90 valence electrons. The fourth-order valence-electron chi connectivity index (χ4n) is 1.54. The second-order valence-electron chi connectivity index (χ2n) is 4.87. The van der Waals surface area contributed by atoms with E-state index in [0.717, 1.165) is 17.2 Å². The van der Waals surface area contributed by atoms with Gasteiger partial charge in [-0.2, -0.15) is 5.10 Å². The fourth-order valence-corrected chi connectivity index (χ4v) is 2.37. The zero-order valence-corrected chi connectivity index (χ0v) is 11.1. The standard InChI is InChI=1S/C11H14N4OS/c1-11(2,3)10-9(17-14-13-10)8(16)7-5-6-12-15(7)4/h5-6H,1-4H3. The van der Waals surface area contributed by atoms with Crippen molar-refractivity contribution in [2.45, 2.75) is 26.2 Å². The summed E-state index contributed by atoms with van der Waals surface area (Å²) in [6.07, 6.45) is 1.61. The van der Waals surface area contributed by atoms with Crippen LogP contribution < -0.4 is 0 Å². The van der Waals surface area contributed by atoms with E-state index >= 15 is 0 Å². The van der Waals surface area contributed by atoms with E-state index in [-0.39, 0.29) is 11.2 Å². The molecule has 0 atom stereocenters. The van der Waals surface area contributed by atoms with E-state index in [1.165, 1.54) is 0 Å². The third-order valence-corrected chi connectivity index (χ3v) is 3.18. The quantitative estimate of drug-likeness (QED) is 0.762. The Morgan fingerprint density at radius 2 is 2.12 bits per heavy atom. The van der Waals surface area contributed by atoms with Crippen LogP contribution in [0.15, 0.2) is 12.3 Å². The lowest BCUT2D eigenvalue weighted by Gasteiger charge is -2.15. The van der Waals surface area contributed by atoms with Crippen LogP contribution in [0.1, 0.15) is 41.8 Å². The van der Waals surface area contributed by atoms with Gasteiger partial charge in [0.05, 0.1) is 5.69 Å². The Morgan fingerprint density at radius 1 is 1.41 bits per heavy atom. The van der Waals surface area contributed by atoms with Crippen LogP contribution in [0.2, 0.25) is 0 Å². The molecule has 2 heterocycles. The highest BCUT2D eigenvalue weighted by Crippen LogP contribution is 2.27. The number of carbonyl (C=O) groups is 1. The summed E-state index contributed by atoms with van der Waals surface area (Å²) in [5, 5.41) is 8.07. The summed E-state index contributed by atoms with van der Waals surface area (Å²) in [6, 6.07) is 1.70. The summed E-state index contributed by atoms with van der Waals surface area (Å²) in [4.78, 5) is 12.9. The van der Waals surface area contributed by atoms with Gasteiger partial charge in [-0.1, -0.05) is 25.3 Å². The van der Waals surface area contributed by atoms with Gasteiger partial charge in [-0.15, -0.1) is 5.10 Å². The highest BCUT2D eigenvalue weighted by Gasteiger charge is 2.27. The maximum absolute atomic E-state index is 12.3. The third kappa shape index (κ3) is 2.12. The smallest absolute Gasteiger partial charge is 0.224 e. The lowest BCUT2D eigenvalue weighted by molar-refractivity contribution is 0.103. The molecule has 0 fully saturated rings. The molecule has 0 spiro atoms. The Bertz CT molecular complexity index is 550. The molecule has 2 aromatic rings. The van der Waals surface area contributed by atoms with Gasteiger partial charge in [-0.25, -0.2) is 0 Å². The van der Waals surface area contributed by atoms with Crippen molar-refractivity contribution in [2.75, 3.05) is 0 Å². The largest absolute Gasteiger partial charge is 0.286 e. The average Bonchev–Trinajstić information content (AvgIpc) is 2.82. The number of hydrogen-bond acceptors (Lipinski definition) is 5. The molecule has 0 aromatic carbocycles. The molecule has 0 saturated heterocycles. The number of hydrogen-bond donors (Lipinski definition) is 0. The Balaban J connectivity index is 2.46. The molecule has 0 saturated carbocycles. The third-order valence-electron chi connectivity index (χ3n) is 2.46. The van der Waals surface area contributed by atoms with Crippen molar-refractivity contribution < 1.29 is 4.79 Å². The molecular weight excluding hydrogens is 236 g/mol. The lowest BCUT2D eigenvalue weighted by atomic mass is 9.90. The van der Waals surface area contributed by atoms with Gasteiger partial charge in [0.15, 0.2) is 0 Å². The Hall–Kier alpha value is -1.56. The topological polar surface area (TPSA) is 60.7 Å². The van der Waals surface area contributed by atoms with Gasteiger partial charge in [0.1, 0.15) is 10.6 Å². The molecule has 0 radical (unpaired) electrons. The molecular formula is C11H14N4OS. The number of ketones is 1. The molecule has 2 rings (SSSR count). The molecule has 0 unspecified atom stereocenters. The molecule has 0 aliphatic rings. The van der Waals surface area contributed by atoms with E-state index < -0.39 is 0 Å². The number of nitrogens with zero attached hydrogens (tertiary/aromatic N) is 4. The Labute approximate surface area is 104 Å². The summed E-state index contributed by atoms with van der Waals surface area (Å²) in [7, 11) is 1.75. The fraction of sp³-hybridized carbons (Fsp3) is 0.455. The van der Waals surface area contributed by atoms with E-state index in [0.29, 0.717) is 10.6 Å². The predicted molar refractivity (Wildman–Crippen MR) is 65.2 cm³/mol. The van der Waals surface area contributed by atoms with Crippen molar-refractivity contribution in [2.24, 2.45) is 7.05 Å². The number of aryl methyl sites for hydroxylation is 1. The van der Waals surface area contributed by atoms with Crippen molar-refractivity contribution in [3.8, 4) is 0 Å². The van der Waals surface area contributed by atoms with Crippen LogP contribution >= 0.6 is 11.5 Å². The average molecular weight is 250 g/mol. The van der Waals surface area contributed by atoms with Crippen LogP contribution in [-0.4, -0.2) is 25.2 Å². The number of rotatable bonds is 2. The first kappa shape index (κ1) is 11.9. The molecule has 2 aromatic heterocycles. The van der Waals surface area contributed by atoms with E-state index in [4.69, 9.17) is 0 Å². The minimum absolute atomic E-state index is 0.0649. The molecule has 17 heavy (non-hydrogen) atoms. The minimum atomic E-state index is -0.184. The first-order valence-electron chi connectivity index (χ1n) is 5.27. The first-order chi connectivity index (χ1) is 7.91. The van der Waals surface area contributed by atoms with Crippen LogP contribution in [0, 0.1) is 0 Å². The molecule has 5 nitrogen and oxygen atoms in total. The van der Waals surface area contributed by atoms with E-state index in [2.05, 4.69) is 14.7 Å². The Morgan fingerprint density at radius 3 is 2.65 bits per heavy atom. The molecule has 0 aliphatic carbocycles. The zero-order valence-electron chi connectivity index (χ0n) is 10.3. The van der Waals surface area contributed by atoms with Gasteiger partial charge in [-0.05, 0) is 17.6 Å². The van der Waals surface area contributed by atoms with E-state index in [1.54, 1.807) is 24.0 Å². The van der Waals surface area contributed by atoms with Crippen molar-refractivity contribution in [3.05, 3.63) is 28.5 Å². The molecule has 0 bridgehead atoms. The van der Waals surface area contributed by atoms with E-state index in [1.807, 2.05) is 20.8 Å². The monoisotopic (exact) mass is 250 g/mol. The van der Waals surface area contributed by atoms with Crippen molar-refractivity contribution in [1.29, 1.82) is 0 Å². The van der Waals surface area contributed by atoms with Gasteiger partial charge in [0.2, 0.25) is 5.78 Å². The summed E-state index contributed by atoms with van der Waals surface area (Å²) in [5.41, 5.74) is 1.12. The summed E-state index contributed by atoms with van der Waals surface area (Å²) in [6.45, 7) is 6.05. The zero-order chi connectivity index (χ0) is 12.6. The molecule has 0 N–H and O–H groups in total. The molecule has 0 amide bonds. The van der Waals surface area contributed by atoms with E-state index in [9.17, 15) is 4.79 Å². The maximum atomic E-state index is 12.3. The van der Waals surface area contributed by atoms with Crippen LogP contribution in [0.5, 0.6) is 0 Å². The SMILES string of the molecule is Cn1nccc1C(=O)c1snnc1C(C)(C)C.